The quantitative estimate of drug-likeness (QED) is 0.858. The van der Waals surface area contributed by atoms with Gasteiger partial charge in [-0.05, 0) is 32.5 Å². The van der Waals surface area contributed by atoms with E-state index in [4.69, 9.17) is 0 Å². The van der Waals surface area contributed by atoms with E-state index in [0.717, 1.165) is 5.56 Å². The molecule has 90 valence electrons. The Morgan fingerprint density at radius 1 is 1.38 bits per heavy atom. The Morgan fingerprint density at radius 2 is 2.00 bits per heavy atom. The minimum atomic E-state index is -2.36. The predicted molar refractivity (Wildman–Crippen MR) is 59.9 cm³/mol. The number of halogens is 2. The lowest BCUT2D eigenvalue weighted by Crippen LogP contribution is -2.27. The van der Waals surface area contributed by atoms with Crippen molar-refractivity contribution in [2.75, 3.05) is 13.6 Å². The van der Waals surface area contributed by atoms with Gasteiger partial charge >= 0.3 is 0 Å². The van der Waals surface area contributed by atoms with Crippen LogP contribution >= 0.6 is 0 Å². The molecule has 1 unspecified atom stereocenters. The molecule has 4 heteroatoms. The maximum Gasteiger partial charge on any atom is 0.251 e. The van der Waals surface area contributed by atoms with Gasteiger partial charge in [-0.2, -0.15) is 0 Å². The summed E-state index contributed by atoms with van der Waals surface area (Å²) in [6.45, 7) is 3.37. The fourth-order valence-corrected chi connectivity index (χ4v) is 1.62. The lowest BCUT2D eigenvalue weighted by molar-refractivity contribution is 0.0837. The van der Waals surface area contributed by atoms with E-state index in [-0.39, 0.29) is 18.3 Å². The van der Waals surface area contributed by atoms with E-state index in [1.165, 1.54) is 4.90 Å². The van der Waals surface area contributed by atoms with E-state index >= 15 is 0 Å². The first-order valence-corrected chi connectivity index (χ1v) is 5.19. The van der Waals surface area contributed by atoms with Gasteiger partial charge in [-0.3, -0.25) is 4.90 Å². The molecule has 0 aliphatic heterocycles. The summed E-state index contributed by atoms with van der Waals surface area (Å²) in [7, 11) is 1.62. The molecule has 0 amide bonds. The molecule has 1 atom stereocenters. The number of phenols is 1. The van der Waals surface area contributed by atoms with Gasteiger partial charge in [-0.1, -0.05) is 12.1 Å². The van der Waals surface area contributed by atoms with Gasteiger partial charge in [-0.15, -0.1) is 0 Å². The van der Waals surface area contributed by atoms with Crippen molar-refractivity contribution < 1.29 is 13.9 Å². The maximum atomic E-state index is 12.2. The van der Waals surface area contributed by atoms with Crippen LogP contribution in [0.4, 0.5) is 8.78 Å². The van der Waals surface area contributed by atoms with E-state index in [1.807, 2.05) is 13.0 Å². The molecular formula is C12H17F2NO. The zero-order valence-electron chi connectivity index (χ0n) is 9.74. The molecule has 0 bridgehead atoms. The summed E-state index contributed by atoms with van der Waals surface area (Å²) < 4.78 is 24.4. The highest BCUT2D eigenvalue weighted by Gasteiger charge is 2.18. The molecule has 0 saturated carbocycles. The Morgan fingerprint density at radius 3 is 2.50 bits per heavy atom. The molecule has 16 heavy (non-hydrogen) atoms. The monoisotopic (exact) mass is 229 g/mol. The zero-order valence-corrected chi connectivity index (χ0v) is 9.74. The van der Waals surface area contributed by atoms with Crippen LogP contribution in [-0.4, -0.2) is 30.0 Å². The minimum absolute atomic E-state index is 0.161. The normalized spacial score (nSPS) is 13.4. The number of aromatic hydroxyl groups is 1. The largest absolute Gasteiger partial charge is 0.508 e. The highest BCUT2D eigenvalue weighted by molar-refractivity contribution is 5.37. The molecule has 0 heterocycles. The molecule has 1 rings (SSSR count). The second-order valence-corrected chi connectivity index (χ2v) is 4.07. The summed E-state index contributed by atoms with van der Waals surface area (Å²) in [5.41, 5.74) is 1.62. The second-order valence-electron chi connectivity index (χ2n) is 4.07. The van der Waals surface area contributed by atoms with Crippen LogP contribution in [0.25, 0.3) is 0 Å². The fourth-order valence-electron chi connectivity index (χ4n) is 1.62. The molecule has 0 saturated heterocycles. The molecule has 2 nitrogen and oxygen atoms in total. The molecular weight excluding hydrogens is 212 g/mol. The van der Waals surface area contributed by atoms with Crippen molar-refractivity contribution in [1.29, 1.82) is 0 Å². The molecule has 0 aromatic heterocycles. The van der Waals surface area contributed by atoms with Crippen molar-refractivity contribution in [3.05, 3.63) is 29.3 Å². The van der Waals surface area contributed by atoms with Crippen LogP contribution in [0, 0.1) is 6.92 Å². The summed E-state index contributed by atoms with van der Waals surface area (Å²) in [6, 6.07) is 5.05. The predicted octanol–water partition coefficient (Wildman–Crippen LogP) is 2.96. The number of aryl methyl sites for hydroxylation is 1. The highest BCUT2D eigenvalue weighted by atomic mass is 19.3. The number of rotatable bonds is 4. The van der Waals surface area contributed by atoms with Crippen LogP contribution in [-0.2, 0) is 0 Å². The number of nitrogens with zero attached hydrogens (tertiary/aromatic N) is 1. The number of benzene rings is 1. The summed E-state index contributed by atoms with van der Waals surface area (Å²) in [5.74, 6) is 0.161. The van der Waals surface area contributed by atoms with E-state index < -0.39 is 6.43 Å². The standard InChI is InChI=1S/C12H17F2NO/c1-8-4-5-10(11(16)6-8)9(2)15(3)7-12(13)14/h4-6,9,12,16H,7H2,1-3H3. The summed E-state index contributed by atoms with van der Waals surface area (Å²) >= 11 is 0. The van der Waals surface area contributed by atoms with Crippen LogP contribution in [0.5, 0.6) is 5.75 Å². The lowest BCUT2D eigenvalue weighted by Gasteiger charge is -2.25. The van der Waals surface area contributed by atoms with Gasteiger partial charge in [0.1, 0.15) is 5.75 Å². The van der Waals surface area contributed by atoms with Crippen molar-refractivity contribution in [3.63, 3.8) is 0 Å². The fraction of sp³-hybridized carbons (Fsp3) is 0.500. The molecule has 0 fully saturated rings. The Labute approximate surface area is 94.5 Å². The zero-order chi connectivity index (χ0) is 12.3. The molecule has 0 aliphatic rings. The smallest absolute Gasteiger partial charge is 0.251 e. The lowest BCUT2D eigenvalue weighted by atomic mass is 10.0. The van der Waals surface area contributed by atoms with Gasteiger partial charge in [0.15, 0.2) is 0 Å². The summed E-state index contributed by atoms with van der Waals surface area (Å²) in [6.07, 6.45) is -2.36. The van der Waals surface area contributed by atoms with Gasteiger partial charge in [0.2, 0.25) is 0 Å². The van der Waals surface area contributed by atoms with Crippen LogP contribution in [0.2, 0.25) is 0 Å². The first kappa shape index (κ1) is 12.9. The molecule has 1 aromatic carbocycles. The Balaban J connectivity index is 2.83. The van der Waals surface area contributed by atoms with Crippen LogP contribution in [0.15, 0.2) is 18.2 Å². The van der Waals surface area contributed by atoms with Gasteiger partial charge in [0, 0.05) is 11.6 Å². The third kappa shape index (κ3) is 3.17. The Hall–Kier alpha value is -1.16. The van der Waals surface area contributed by atoms with Crippen molar-refractivity contribution in [3.8, 4) is 5.75 Å². The molecule has 0 spiro atoms. The van der Waals surface area contributed by atoms with Gasteiger partial charge in [0.25, 0.3) is 6.43 Å². The number of hydrogen-bond acceptors (Lipinski definition) is 2. The van der Waals surface area contributed by atoms with Gasteiger partial charge < -0.3 is 5.11 Å². The number of alkyl halides is 2. The van der Waals surface area contributed by atoms with Gasteiger partial charge in [-0.25, -0.2) is 8.78 Å². The van der Waals surface area contributed by atoms with Crippen LogP contribution in [0.3, 0.4) is 0 Å². The second kappa shape index (κ2) is 5.25. The summed E-state index contributed by atoms with van der Waals surface area (Å²) in [4.78, 5) is 1.52. The summed E-state index contributed by atoms with van der Waals surface area (Å²) in [5, 5.41) is 9.73. The van der Waals surface area contributed by atoms with Crippen molar-refractivity contribution in [2.45, 2.75) is 26.3 Å². The SMILES string of the molecule is Cc1ccc(C(C)N(C)CC(F)F)c(O)c1. The Bertz CT molecular complexity index is 355. The van der Waals surface area contributed by atoms with Crippen LogP contribution in [0.1, 0.15) is 24.1 Å². The third-order valence-corrected chi connectivity index (χ3v) is 2.72. The molecule has 0 radical (unpaired) electrons. The minimum Gasteiger partial charge on any atom is -0.508 e. The van der Waals surface area contributed by atoms with Crippen LogP contribution < -0.4 is 0 Å². The average Bonchev–Trinajstić information content (AvgIpc) is 2.15. The van der Waals surface area contributed by atoms with E-state index in [0.29, 0.717) is 5.56 Å². The van der Waals surface area contributed by atoms with Crippen molar-refractivity contribution >= 4 is 0 Å². The number of phenolic OH excluding ortho intramolecular Hbond substituents is 1. The Kier molecular flexibility index (Phi) is 4.24. The van der Waals surface area contributed by atoms with Crippen molar-refractivity contribution in [1.82, 2.24) is 4.90 Å². The number of hydrogen-bond donors (Lipinski definition) is 1. The topological polar surface area (TPSA) is 23.5 Å². The van der Waals surface area contributed by atoms with E-state index in [2.05, 4.69) is 0 Å². The van der Waals surface area contributed by atoms with E-state index in [1.54, 1.807) is 26.1 Å². The first-order chi connectivity index (χ1) is 7.41. The molecule has 0 aliphatic carbocycles. The third-order valence-electron chi connectivity index (χ3n) is 2.72. The molecule has 1 N–H and O–H groups in total. The highest BCUT2D eigenvalue weighted by Crippen LogP contribution is 2.28. The van der Waals surface area contributed by atoms with Crippen molar-refractivity contribution in [2.24, 2.45) is 0 Å². The maximum absolute atomic E-state index is 12.2. The molecule has 1 aromatic rings. The van der Waals surface area contributed by atoms with E-state index in [9.17, 15) is 13.9 Å². The average molecular weight is 229 g/mol. The van der Waals surface area contributed by atoms with Gasteiger partial charge in [0.05, 0.1) is 6.54 Å². The first-order valence-electron chi connectivity index (χ1n) is 5.19.